The molecule has 1 heterocycles. The quantitative estimate of drug-likeness (QED) is 0.780. The number of sulfone groups is 1. The first kappa shape index (κ1) is 11.4. The van der Waals surface area contributed by atoms with E-state index in [1.54, 1.807) is 25.3 Å². The summed E-state index contributed by atoms with van der Waals surface area (Å²) in [5, 5.41) is 0. The molecule has 88 valence electrons. The third-order valence-electron chi connectivity index (χ3n) is 2.71. The van der Waals surface area contributed by atoms with Gasteiger partial charge in [0.1, 0.15) is 5.75 Å². The molecule has 0 fully saturated rings. The van der Waals surface area contributed by atoms with Gasteiger partial charge in [-0.25, -0.2) is 14.3 Å². The highest BCUT2D eigenvalue weighted by Gasteiger charge is 2.34. The van der Waals surface area contributed by atoms with Crippen molar-refractivity contribution in [3.63, 3.8) is 0 Å². The largest absolute Gasteiger partial charge is 0.497 e. The molecule has 0 aliphatic carbocycles. The second-order valence-electron chi connectivity index (χ2n) is 3.72. The highest BCUT2D eigenvalue weighted by molar-refractivity contribution is 7.91. The molecule has 0 aromatic heterocycles. The van der Waals surface area contributed by atoms with Gasteiger partial charge in [-0.05, 0) is 23.8 Å². The first-order valence-electron chi connectivity index (χ1n) is 4.81. The highest BCUT2D eigenvalue weighted by Crippen LogP contribution is 2.37. The predicted molar refractivity (Wildman–Crippen MR) is 57.9 cm³/mol. The maximum atomic E-state index is 11.8. The molecular weight excluding hydrogens is 230 g/mol. The van der Waals surface area contributed by atoms with Gasteiger partial charge in [0.25, 0.3) is 0 Å². The van der Waals surface area contributed by atoms with E-state index in [-0.39, 0.29) is 18.3 Å². The lowest BCUT2D eigenvalue weighted by Gasteiger charge is -2.08. The van der Waals surface area contributed by atoms with Crippen molar-refractivity contribution in [3.8, 4) is 5.75 Å². The van der Waals surface area contributed by atoms with Gasteiger partial charge >= 0.3 is 0 Å². The molecule has 2 rings (SSSR count). The number of ether oxygens (including phenoxy) is 1. The van der Waals surface area contributed by atoms with Gasteiger partial charge in [0.15, 0.2) is 9.84 Å². The summed E-state index contributed by atoms with van der Waals surface area (Å²) in [5.74, 6) is 5.48. The van der Waals surface area contributed by atoms with Gasteiger partial charge in [-0.2, -0.15) is 0 Å². The molecular formula is C10H13NO4S. The Balaban J connectivity index is 2.50. The highest BCUT2D eigenvalue weighted by atomic mass is 32.2. The third kappa shape index (κ3) is 1.79. The Kier molecular flexibility index (Phi) is 2.88. The van der Waals surface area contributed by atoms with Crippen LogP contribution in [0.1, 0.15) is 11.5 Å². The van der Waals surface area contributed by atoms with Gasteiger partial charge in [-0.3, -0.25) is 0 Å². The Labute approximate surface area is 94.0 Å². The minimum absolute atomic E-state index is 0.0483. The normalized spacial score (nSPS) is 21.8. The van der Waals surface area contributed by atoms with Gasteiger partial charge in [-0.15, -0.1) is 0 Å². The molecule has 0 radical (unpaired) electrons. The minimum atomic E-state index is -3.19. The number of fused-ring (bicyclic) bond motifs is 1. The smallest absolute Gasteiger partial charge is 0.179 e. The van der Waals surface area contributed by atoms with Gasteiger partial charge in [-0.1, -0.05) is 0 Å². The fraction of sp³-hybridized carbons (Fsp3) is 0.400. The van der Waals surface area contributed by atoms with Gasteiger partial charge < -0.3 is 9.57 Å². The van der Waals surface area contributed by atoms with Crippen molar-refractivity contribution < 1.29 is 18.0 Å². The van der Waals surface area contributed by atoms with Crippen molar-refractivity contribution in [1.29, 1.82) is 0 Å². The van der Waals surface area contributed by atoms with Gasteiger partial charge in [0, 0.05) is 5.92 Å². The molecule has 0 saturated carbocycles. The van der Waals surface area contributed by atoms with E-state index in [0.29, 0.717) is 10.6 Å². The van der Waals surface area contributed by atoms with Crippen LogP contribution in [0, 0.1) is 0 Å². The number of hydrogen-bond acceptors (Lipinski definition) is 5. The van der Waals surface area contributed by atoms with Crippen LogP contribution in [-0.4, -0.2) is 27.9 Å². The summed E-state index contributed by atoms with van der Waals surface area (Å²) in [6.07, 6.45) is 0. The van der Waals surface area contributed by atoms with E-state index in [2.05, 4.69) is 4.84 Å². The summed E-state index contributed by atoms with van der Waals surface area (Å²) in [5.41, 5.74) is 0.727. The zero-order valence-electron chi connectivity index (χ0n) is 8.84. The monoisotopic (exact) mass is 243 g/mol. The number of methoxy groups -OCH3 is 1. The molecule has 1 atom stereocenters. The summed E-state index contributed by atoms with van der Waals surface area (Å²) in [7, 11) is -1.65. The molecule has 1 unspecified atom stereocenters. The fourth-order valence-electron chi connectivity index (χ4n) is 1.95. The van der Waals surface area contributed by atoms with Crippen LogP contribution in [0.5, 0.6) is 5.75 Å². The number of hydrogen-bond donors (Lipinski definition) is 1. The van der Waals surface area contributed by atoms with E-state index >= 15 is 0 Å². The molecule has 0 saturated heterocycles. The average molecular weight is 243 g/mol. The van der Waals surface area contributed by atoms with E-state index in [9.17, 15) is 8.42 Å². The molecule has 6 heteroatoms. The van der Waals surface area contributed by atoms with Crippen molar-refractivity contribution in [2.24, 2.45) is 5.90 Å². The van der Waals surface area contributed by atoms with E-state index in [1.165, 1.54) is 0 Å². The van der Waals surface area contributed by atoms with Gasteiger partial charge in [0.2, 0.25) is 0 Å². The molecule has 0 amide bonds. The SMILES string of the molecule is COc1ccc2c(c1)C(CON)CS2(=O)=O. The fourth-order valence-corrected chi connectivity index (χ4v) is 3.80. The Morgan fingerprint density at radius 1 is 1.50 bits per heavy atom. The summed E-state index contributed by atoms with van der Waals surface area (Å²) in [6.45, 7) is 0.194. The first-order chi connectivity index (χ1) is 7.58. The maximum absolute atomic E-state index is 11.8. The Hall–Kier alpha value is -1.11. The van der Waals surface area contributed by atoms with Crippen LogP contribution in [0.2, 0.25) is 0 Å². The van der Waals surface area contributed by atoms with Crippen molar-refractivity contribution in [2.75, 3.05) is 19.5 Å². The summed E-state index contributed by atoms with van der Waals surface area (Å²) < 4.78 is 28.7. The number of rotatable bonds is 3. The molecule has 0 spiro atoms. The summed E-state index contributed by atoms with van der Waals surface area (Å²) >= 11 is 0. The molecule has 1 aromatic carbocycles. The van der Waals surface area contributed by atoms with Crippen molar-refractivity contribution in [1.82, 2.24) is 0 Å². The van der Waals surface area contributed by atoms with Gasteiger partial charge in [0.05, 0.1) is 24.4 Å². The van der Waals surface area contributed by atoms with Crippen molar-refractivity contribution in [3.05, 3.63) is 23.8 Å². The van der Waals surface area contributed by atoms with Crippen LogP contribution in [0.15, 0.2) is 23.1 Å². The molecule has 1 aromatic rings. The standard InChI is InChI=1S/C10H13NO4S/c1-14-8-2-3-10-9(4-8)7(5-15-11)6-16(10,12)13/h2-4,7H,5-6,11H2,1H3. The van der Waals surface area contributed by atoms with Crippen LogP contribution in [0.3, 0.4) is 0 Å². The van der Waals surface area contributed by atoms with E-state index in [1.807, 2.05) is 0 Å². The molecule has 0 bridgehead atoms. The Morgan fingerprint density at radius 2 is 2.25 bits per heavy atom. The lowest BCUT2D eigenvalue weighted by Crippen LogP contribution is -2.13. The average Bonchev–Trinajstić information content (AvgIpc) is 2.51. The van der Waals surface area contributed by atoms with E-state index in [4.69, 9.17) is 10.6 Å². The van der Waals surface area contributed by atoms with E-state index in [0.717, 1.165) is 5.56 Å². The maximum Gasteiger partial charge on any atom is 0.179 e. The summed E-state index contributed by atoms with van der Waals surface area (Å²) in [4.78, 5) is 4.90. The topological polar surface area (TPSA) is 78.6 Å². The Bertz CT molecular complexity index is 498. The third-order valence-corrected chi connectivity index (χ3v) is 4.59. The number of nitrogens with two attached hydrogens (primary N) is 1. The molecule has 1 aliphatic rings. The number of benzene rings is 1. The van der Waals surface area contributed by atoms with Crippen LogP contribution in [-0.2, 0) is 14.7 Å². The minimum Gasteiger partial charge on any atom is -0.497 e. The van der Waals surface area contributed by atoms with Crippen molar-refractivity contribution >= 4 is 9.84 Å². The second kappa shape index (κ2) is 4.04. The predicted octanol–water partition coefficient (Wildman–Crippen LogP) is 0.456. The lowest BCUT2D eigenvalue weighted by molar-refractivity contribution is 0.127. The van der Waals surface area contributed by atoms with Crippen molar-refractivity contribution in [2.45, 2.75) is 10.8 Å². The van der Waals surface area contributed by atoms with Crippen LogP contribution in [0.25, 0.3) is 0 Å². The second-order valence-corrected chi connectivity index (χ2v) is 5.72. The van der Waals surface area contributed by atoms with Crippen LogP contribution < -0.4 is 10.6 Å². The molecule has 5 nitrogen and oxygen atoms in total. The van der Waals surface area contributed by atoms with E-state index < -0.39 is 9.84 Å². The first-order valence-corrected chi connectivity index (χ1v) is 6.46. The molecule has 1 aliphatic heterocycles. The van der Waals surface area contributed by atoms with Crippen LogP contribution in [0.4, 0.5) is 0 Å². The Morgan fingerprint density at radius 3 is 2.88 bits per heavy atom. The zero-order chi connectivity index (χ0) is 11.8. The molecule has 2 N–H and O–H groups in total. The summed E-state index contributed by atoms with van der Waals surface area (Å²) in [6, 6.07) is 4.94. The molecule has 16 heavy (non-hydrogen) atoms. The zero-order valence-corrected chi connectivity index (χ0v) is 9.66. The van der Waals surface area contributed by atoms with Crippen LogP contribution >= 0.6 is 0 Å². The lowest BCUT2D eigenvalue weighted by atomic mass is 10.0.